The summed E-state index contributed by atoms with van der Waals surface area (Å²) in [4.78, 5) is 14.4. The Morgan fingerprint density at radius 1 is 1.42 bits per heavy atom. The number of hydrogen-bond donors (Lipinski definition) is 1. The zero-order valence-electron chi connectivity index (χ0n) is 10.3. The van der Waals surface area contributed by atoms with Gasteiger partial charge >= 0.3 is 0 Å². The summed E-state index contributed by atoms with van der Waals surface area (Å²) in [6, 6.07) is 8.19. The molecule has 0 bridgehead atoms. The Hall–Kier alpha value is -2.14. The lowest BCUT2D eigenvalue weighted by Crippen LogP contribution is -2.04. The number of pyridine rings is 1. The molecule has 1 aromatic heterocycles. The van der Waals surface area contributed by atoms with E-state index in [0.717, 1.165) is 11.3 Å². The fraction of sp³-hybridized carbons (Fsp3) is 0.154. The molecule has 0 amide bonds. The van der Waals surface area contributed by atoms with E-state index in [4.69, 9.17) is 11.6 Å². The van der Waals surface area contributed by atoms with Crippen LogP contribution in [0, 0.1) is 17.0 Å². The van der Waals surface area contributed by atoms with Crippen LogP contribution in [0.2, 0.25) is 5.02 Å². The molecule has 0 aliphatic carbocycles. The molecule has 0 fully saturated rings. The first-order valence-corrected chi connectivity index (χ1v) is 6.04. The number of nitro benzene ring substituents is 1. The average Bonchev–Trinajstić information content (AvgIpc) is 2.39. The smallest absolute Gasteiger partial charge is 0.271 e. The Bertz CT molecular complexity index is 617. The van der Waals surface area contributed by atoms with Crippen LogP contribution in [0.4, 0.5) is 11.4 Å². The van der Waals surface area contributed by atoms with E-state index in [1.165, 1.54) is 12.1 Å². The highest BCUT2D eigenvalue weighted by Gasteiger charge is 2.09. The van der Waals surface area contributed by atoms with Crippen LogP contribution in [0.25, 0.3) is 0 Å². The van der Waals surface area contributed by atoms with Crippen molar-refractivity contribution in [3.8, 4) is 0 Å². The van der Waals surface area contributed by atoms with Crippen LogP contribution >= 0.6 is 11.6 Å². The fourth-order valence-electron chi connectivity index (χ4n) is 1.64. The summed E-state index contributed by atoms with van der Waals surface area (Å²) in [5.74, 6) is 0. The second-order valence-corrected chi connectivity index (χ2v) is 4.45. The highest BCUT2D eigenvalue weighted by atomic mass is 35.5. The Labute approximate surface area is 115 Å². The van der Waals surface area contributed by atoms with Crippen molar-refractivity contribution in [2.24, 2.45) is 0 Å². The average molecular weight is 278 g/mol. The van der Waals surface area contributed by atoms with E-state index in [1.54, 1.807) is 12.3 Å². The van der Waals surface area contributed by atoms with Crippen molar-refractivity contribution >= 4 is 23.0 Å². The van der Waals surface area contributed by atoms with Gasteiger partial charge in [-0.1, -0.05) is 17.7 Å². The van der Waals surface area contributed by atoms with Crippen molar-refractivity contribution in [1.82, 2.24) is 4.98 Å². The predicted molar refractivity (Wildman–Crippen MR) is 74.4 cm³/mol. The third kappa shape index (κ3) is 3.20. The molecule has 1 heterocycles. The van der Waals surface area contributed by atoms with Crippen LogP contribution in [-0.4, -0.2) is 9.91 Å². The van der Waals surface area contributed by atoms with Gasteiger partial charge in [-0.2, -0.15) is 0 Å². The molecule has 0 unspecified atom stereocenters. The number of nitrogens with one attached hydrogen (secondary N) is 1. The van der Waals surface area contributed by atoms with Crippen LogP contribution in [0.1, 0.15) is 11.3 Å². The van der Waals surface area contributed by atoms with E-state index in [1.807, 2.05) is 19.1 Å². The zero-order chi connectivity index (χ0) is 13.8. The molecule has 1 aromatic carbocycles. The summed E-state index contributed by atoms with van der Waals surface area (Å²) in [6.07, 6.45) is 1.72. The number of halogens is 1. The monoisotopic (exact) mass is 277 g/mol. The lowest BCUT2D eigenvalue weighted by atomic mass is 10.2. The summed E-state index contributed by atoms with van der Waals surface area (Å²) in [7, 11) is 0. The van der Waals surface area contributed by atoms with E-state index in [0.29, 0.717) is 17.3 Å². The van der Waals surface area contributed by atoms with Gasteiger partial charge in [-0.25, -0.2) is 0 Å². The van der Waals surface area contributed by atoms with Crippen molar-refractivity contribution < 1.29 is 4.92 Å². The third-order valence-corrected chi connectivity index (χ3v) is 3.04. The minimum absolute atomic E-state index is 0.0235. The molecule has 5 nitrogen and oxygen atoms in total. The first kappa shape index (κ1) is 13.3. The number of aromatic nitrogens is 1. The van der Waals surface area contributed by atoms with Gasteiger partial charge in [0.25, 0.3) is 5.69 Å². The van der Waals surface area contributed by atoms with E-state index < -0.39 is 4.92 Å². The van der Waals surface area contributed by atoms with Crippen LogP contribution in [0.5, 0.6) is 0 Å². The maximum absolute atomic E-state index is 10.6. The van der Waals surface area contributed by atoms with Crippen LogP contribution in [0.15, 0.2) is 36.5 Å². The maximum Gasteiger partial charge on any atom is 0.271 e. The van der Waals surface area contributed by atoms with Crippen molar-refractivity contribution in [2.45, 2.75) is 13.5 Å². The minimum Gasteiger partial charge on any atom is -0.378 e. The molecule has 19 heavy (non-hydrogen) atoms. The summed E-state index contributed by atoms with van der Waals surface area (Å²) in [5, 5.41) is 14.0. The molecule has 2 rings (SSSR count). The topological polar surface area (TPSA) is 68.1 Å². The minimum atomic E-state index is -0.474. The van der Waals surface area contributed by atoms with Gasteiger partial charge in [-0.05, 0) is 24.6 Å². The van der Waals surface area contributed by atoms with E-state index in [9.17, 15) is 10.1 Å². The number of anilines is 1. The van der Waals surface area contributed by atoms with Crippen molar-refractivity contribution in [1.29, 1.82) is 0 Å². The summed E-state index contributed by atoms with van der Waals surface area (Å²) < 4.78 is 0. The second kappa shape index (κ2) is 5.67. The van der Waals surface area contributed by atoms with Gasteiger partial charge in [0.15, 0.2) is 0 Å². The van der Waals surface area contributed by atoms with Crippen molar-refractivity contribution in [3.05, 3.63) is 62.9 Å². The third-order valence-electron chi connectivity index (χ3n) is 2.73. The molecule has 0 aliphatic heterocycles. The number of aryl methyl sites for hydroxylation is 1. The van der Waals surface area contributed by atoms with Gasteiger partial charge in [0.2, 0.25) is 0 Å². The number of rotatable bonds is 4. The van der Waals surface area contributed by atoms with Gasteiger partial charge in [-0.15, -0.1) is 0 Å². The fourth-order valence-corrected chi connectivity index (χ4v) is 1.88. The molecule has 1 N–H and O–H groups in total. The van der Waals surface area contributed by atoms with Gasteiger partial charge in [0.1, 0.15) is 0 Å². The Balaban J connectivity index is 2.12. The second-order valence-electron chi connectivity index (χ2n) is 4.04. The first-order valence-electron chi connectivity index (χ1n) is 5.66. The Kier molecular flexibility index (Phi) is 3.97. The Morgan fingerprint density at radius 3 is 2.84 bits per heavy atom. The molecule has 0 saturated carbocycles. The molecule has 98 valence electrons. The number of benzene rings is 1. The molecule has 0 atom stereocenters. The maximum atomic E-state index is 10.6. The highest BCUT2D eigenvalue weighted by molar-refractivity contribution is 6.33. The van der Waals surface area contributed by atoms with Crippen LogP contribution < -0.4 is 5.32 Å². The highest BCUT2D eigenvalue weighted by Crippen LogP contribution is 2.27. The van der Waals surface area contributed by atoms with E-state index in [-0.39, 0.29) is 5.69 Å². The van der Waals surface area contributed by atoms with E-state index in [2.05, 4.69) is 10.3 Å². The first-order chi connectivity index (χ1) is 9.08. The zero-order valence-corrected chi connectivity index (χ0v) is 11.0. The summed E-state index contributed by atoms with van der Waals surface area (Å²) in [6.45, 7) is 2.49. The van der Waals surface area contributed by atoms with Crippen LogP contribution in [0.3, 0.4) is 0 Å². The lowest BCUT2D eigenvalue weighted by molar-refractivity contribution is -0.384. The van der Waals surface area contributed by atoms with Crippen molar-refractivity contribution in [3.63, 3.8) is 0 Å². The molecular formula is C13H12ClN3O2. The SMILES string of the molecule is Cc1cccnc1CNc1ccc([N+](=O)[O-])cc1Cl. The van der Waals surface area contributed by atoms with Gasteiger partial charge in [0, 0.05) is 18.3 Å². The standard InChI is InChI=1S/C13H12ClN3O2/c1-9-3-2-6-15-13(9)8-16-12-5-4-10(17(18)19)7-11(12)14/h2-7,16H,8H2,1H3. The molecule has 0 spiro atoms. The van der Waals surface area contributed by atoms with Crippen LogP contribution in [-0.2, 0) is 6.54 Å². The van der Waals surface area contributed by atoms with Gasteiger partial charge in [-0.3, -0.25) is 15.1 Å². The van der Waals surface area contributed by atoms with Gasteiger partial charge in [0.05, 0.1) is 27.9 Å². The normalized spacial score (nSPS) is 10.2. The summed E-state index contributed by atoms with van der Waals surface area (Å²) >= 11 is 5.99. The quantitative estimate of drug-likeness (QED) is 0.685. The summed E-state index contributed by atoms with van der Waals surface area (Å²) in [5.41, 5.74) is 2.62. The molecular weight excluding hydrogens is 266 g/mol. The van der Waals surface area contributed by atoms with E-state index >= 15 is 0 Å². The number of nitro groups is 1. The predicted octanol–water partition coefficient (Wildman–Crippen LogP) is 3.56. The lowest BCUT2D eigenvalue weighted by Gasteiger charge is -2.09. The molecule has 0 radical (unpaired) electrons. The molecule has 0 saturated heterocycles. The number of non-ortho nitro benzene ring substituents is 1. The number of nitrogens with zero attached hydrogens (tertiary/aromatic N) is 2. The molecule has 0 aliphatic rings. The molecule has 6 heteroatoms. The molecule has 2 aromatic rings. The number of hydrogen-bond acceptors (Lipinski definition) is 4. The Morgan fingerprint density at radius 2 is 2.21 bits per heavy atom. The van der Waals surface area contributed by atoms with Crippen molar-refractivity contribution in [2.75, 3.05) is 5.32 Å². The largest absolute Gasteiger partial charge is 0.378 e. The van der Waals surface area contributed by atoms with Gasteiger partial charge < -0.3 is 5.32 Å².